The van der Waals surface area contributed by atoms with Crippen LogP contribution in [0.25, 0.3) is 10.9 Å². The van der Waals surface area contributed by atoms with Gasteiger partial charge in [-0.25, -0.2) is 9.97 Å². The number of benzene rings is 1. The molecule has 0 aliphatic rings. The first-order valence-corrected chi connectivity index (χ1v) is 6.54. The average molecular weight is 272 g/mol. The van der Waals surface area contributed by atoms with Crippen LogP contribution >= 0.6 is 11.6 Å². The highest BCUT2D eigenvalue weighted by molar-refractivity contribution is 6.28. The number of aromatic nitrogens is 3. The number of hydrogen-bond acceptors (Lipinski definition) is 2. The van der Waals surface area contributed by atoms with E-state index in [2.05, 4.69) is 52.0 Å². The van der Waals surface area contributed by atoms with Crippen molar-refractivity contribution in [1.82, 2.24) is 14.5 Å². The van der Waals surface area contributed by atoms with Gasteiger partial charge in [0.25, 0.3) is 0 Å². The van der Waals surface area contributed by atoms with Gasteiger partial charge in [0.1, 0.15) is 0 Å². The van der Waals surface area contributed by atoms with Gasteiger partial charge in [-0.1, -0.05) is 12.1 Å². The molecule has 0 atom stereocenters. The SMILES string of the molecule is Cc1cc(Cc2cccc3c2ccn3C)nc(Cl)n1. The molecule has 3 nitrogen and oxygen atoms in total. The fraction of sp³-hybridized carbons (Fsp3) is 0.200. The second-order valence-corrected chi connectivity index (χ2v) is 5.06. The predicted octanol–water partition coefficient (Wildman–Crippen LogP) is 3.52. The largest absolute Gasteiger partial charge is 0.351 e. The Morgan fingerprint density at radius 2 is 2.05 bits per heavy atom. The number of fused-ring (bicyclic) bond motifs is 1. The molecule has 4 heteroatoms. The molecule has 0 saturated carbocycles. The Morgan fingerprint density at radius 1 is 1.21 bits per heavy atom. The highest BCUT2D eigenvalue weighted by atomic mass is 35.5. The first-order chi connectivity index (χ1) is 9.13. The van der Waals surface area contributed by atoms with Gasteiger partial charge in [0, 0.05) is 42.0 Å². The third kappa shape index (κ3) is 2.34. The molecule has 2 heterocycles. The van der Waals surface area contributed by atoms with Gasteiger partial charge >= 0.3 is 0 Å². The average Bonchev–Trinajstić information content (AvgIpc) is 2.71. The van der Waals surface area contributed by atoms with Crippen molar-refractivity contribution in [3.63, 3.8) is 0 Å². The Kier molecular flexibility index (Phi) is 2.99. The standard InChI is InChI=1S/C15H14ClN3/c1-10-8-12(18-15(16)17-10)9-11-4-3-5-14-13(11)6-7-19(14)2/h3-8H,9H2,1-2H3. The van der Waals surface area contributed by atoms with Crippen LogP contribution in [0.5, 0.6) is 0 Å². The lowest BCUT2D eigenvalue weighted by Gasteiger charge is -2.05. The van der Waals surface area contributed by atoms with Crippen LogP contribution in [0.3, 0.4) is 0 Å². The summed E-state index contributed by atoms with van der Waals surface area (Å²) in [5.74, 6) is 0. The summed E-state index contributed by atoms with van der Waals surface area (Å²) in [7, 11) is 2.05. The van der Waals surface area contributed by atoms with Gasteiger partial charge in [0.05, 0.1) is 0 Å². The molecular formula is C15H14ClN3. The molecule has 3 aromatic rings. The molecule has 1 aromatic carbocycles. The van der Waals surface area contributed by atoms with Crippen LogP contribution in [0, 0.1) is 6.92 Å². The molecule has 0 spiro atoms. The fourth-order valence-electron chi connectivity index (χ4n) is 2.40. The second kappa shape index (κ2) is 4.67. The maximum atomic E-state index is 5.91. The normalized spacial score (nSPS) is 11.1. The van der Waals surface area contributed by atoms with Crippen molar-refractivity contribution < 1.29 is 0 Å². The van der Waals surface area contributed by atoms with E-state index in [1.165, 1.54) is 16.5 Å². The van der Waals surface area contributed by atoms with Crippen molar-refractivity contribution in [1.29, 1.82) is 0 Å². The van der Waals surface area contributed by atoms with Crippen molar-refractivity contribution in [3.05, 3.63) is 58.8 Å². The molecule has 0 aliphatic carbocycles. The first kappa shape index (κ1) is 12.2. The number of halogens is 1. The third-order valence-corrected chi connectivity index (χ3v) is 3.44. The fourth-order valence-corrected chi connectivity index (χ4v) is 2.64. The van der Waals surface area contributed by atoms with Crippen molar-refractivity contribution in [2.75, 3.05) is 0 Å². The van der Waals surface area contributed by atoms with Crippen LogP contribution in [0.4, 0.5) is 0 Å². The van der Waals surface area contributed by atoms with Crippen LogP contribution in [-0.4, -0.2) is 14.5 Å². The van der Waals surface area contributed by atoms with Gasteiger partial charge in [0.2, 0.25) is 5.28 Å². The smallest absolute Gasteiger partial charge is 0.222 e. The summed E-state index contributed by atoms with van der Waals surface area (Å²) >= 11 is 5.91. The van der Waals surface area contributed by atoms with Crippen LogP contribution in [0.2, 0.25) is 5.28 Å². The molecular weight excluding hydrogens is 258 g/mol. The van der Waals surface area contributed by atoms with E-state index < -0.39 is 0 Å². The van der Waals surface area contributed by atoms with Gasteiger partial charge in [-0.15, -0.1) is 0 Å². The van der Waals surface area contributed by atoms with E-state index >= 15 is 0 Å². The Morgan fingerprint density at radius 3 is 2.84 bits per heavy atom. The number of nitrogens with zero attached hydrogens (tertiary/aromatic N) is 3. The molecule has 19 heavy (non-hydrogen) atoms. The van der Waals surface area contributed by atoms with Gasteiger partial charge in [-0.3, -0.25) is 0 Å². The summed E-state index contributed by atoms with van der Waals surface area (Å²) in [5.41, 5.74) is 4.34. The number of rotatable bonds is 2. The molecule has 0 bridgehead atoms. The van der Waals surface area contributed by atoms with E-state index in [1.807, 2.05) is 13.0 Å². The molecule has 0 fully saturated rings. The minimum atomic E-state index is 0.315. The lowest BCUT2D eigenvalue weighted by Crippen LogP contribution is -1.97. The van der Waals surface area contributed by atoms with Crippen LogP contribution in [0.1, 0.15) is 17.0 Å². The second-order valence-electron chi connectivity index (χ2n) is 4.72. The molecule has 2 aromatic heterocycles. The van der Waals surface area contributed by atoms with E-state index in [0.29, 0.717) is 5.28 Å². The van der Waals surface area contributed by atoms with Crippen molar-refractivity contribution in [2.24, 2.45) is 7.05 Å². The summed E-state index contributed by atoms with van der Waals surface area (Å²) in [6, 6.07) is 10.5. The highest BCUT2D eigenvalue weighted by Crippen LogP contribution is 2.22. The summed E-state index contributed by atoms with van der Waals surface area (Å²) in [6.07, 6.45) is 2.84. The summed E-state index contributed by atoms with van der Waals surface area (Å²) in [5, 5.41) is 1.58. The van der Waals surface area contributed by atoms with E-state index in [0.717, 1.165) is 17.8 Å². The lowest BCUT2D eigenvalue weighted by atomic mass is 10.0. The van der Waals surface area contributed by atoms with Crippen LogP contribution in [-0.2, 0) is 13.5 Å². The molecule has 0 saturated heterocycles. The van der Waals surface area contributed by atoms with Crippen LogP contribution < -0.4 is 0 Å². The quantitative estimate of drug-likeness (QED) is 0.668. The Bertz CT molecular complexity index is 726. The molecule has 96 valence electrons. The zero-order valence-electron chi connectivity index (χ0n) is 10.9. The Hall–Kier alpha value is -1.87. The predicted molar refractivity (Wildman–Crippen MR) is 77.5 cm³/mol. The summed E-state index contributed by atoms with van der Waals surface area (Å²) in [6.45, 7) is 1.93. The summed E-state index contributed by atoms with van der Waals surface area (Å²) in [4.78, 5) is 8.38. The van der Waals surface area contributed by atoms with Gasteiger partial charge in [-0.05, 0) is 42.3 Å². The minimum absolute atomic E-state index is 0.315. The van der Waals surface area contributed by atoms with Crippen molar-refractivity contribution in [2.45, 2.75) is 13.3 Å². The maximum Gasteiger partial charge on any atom is 0.222 e. The van der Waals surface area contributed by atoms with E-state index in [-0.39, 0.29) is 0 Å². The molecule has 3 rings (SSSR count). The zero-order chi connectivity index (χ0) is 13.4. The first-order valence-electron chi connectivity index (χ1n) is 6.16. The molecule has 0 N–H and O–H groups in total. The van der Waals surface area contributed by atoms with E-state index in [1.54, 1.807) is 0 Å². The third-order valence-electron chi connectivity index (χ3n) is 3.27. The molecule has 0 amide bonds. The number of aryl methyl sites for hydroxylation is 2. The minimum Gasteiger partial charge on any atom is -0.351 e. The summed E-state index contributed by atoms with van der Waals surface area (Å²) < 4.78 is 2.12. The Balaban J connectivity index is 2.05. The Labute approximate surface area is 116 Å². The number of hydrogen-bond donors (Lipinski definition) is 0. The lowest BCUT2D eigenvalue weighted by molar-refractivity contribution is 0.968. The van der Waals surface area contributed by atoms with Crippen LogP contribution in [0.15, 0.2) is 36.5 Å². The highest BCUT2D eigenvalue weighted by Gasteiger charge is 2.07. The van der Waals surface area contributed by atoms with Gasteiger partial charge < -0.3 is 4.57 Å². The topological polar surface area (TPSA) is 30.7 Å². The van der Waals surface area contributed by atoms with E-state index in [4.69, 9.17) is 11.6 Å². The van der Waals surface area contributed by atoms with Gasteiger partial charge in [0.15, 0.2) is 0 Å². The molecule has 0 radical (unpaired) electrons. The molecule has 0 aliphatic heterocycles. The van der Waals surface area contributed by atoms with Gasteiger partial charge in [-0.2, -0.15) is 0 Å². The monoisotopic (exact) mass is 271 g/mol. The maximum absolute atomic E-state index is 5.91. The van der Waals surface area contributed by atoms with Crippen molar-refractivity contribution >= 4 is 22.5 Å². The zero-order valence-corrected chi connectivity index (χ0v) is 11.6. The van der Waals surface area contributed by atoms with E-state index in [9.17, 15) is 0 Å². The molecule has 0 unspecified atom stereocenters. The van der Waals surface area contributed by atoms with Crippen molar-refractivity contribution in [3.8, 4) is 0 Å².